The lowest BCUT2D eigenvalue weighted by molar-refractivity contribution is 0.411. The molecule has 1 aromatic heterocycles. The van der Waals surface area contributed by atoms with Crippen molar-refractivity contribution >= 4 is 11.3 Å². The van der Waals surface area contributed by atoms with Gasteiger partial charge in [-0.2, -0.15) is 0 Å². The third kappa shape index (κ3) is 2.33. The van der Waals surface area contributed by atoms with E-state index < -0.39 is 0 Å². The molecule has 0 fully saturated rings. The highest BCUT2D eigenvalue weighted by Crippen LogP contribution is 2.34. The Morgan fingerprint density at radius 2 is 1.78 bits per heavy atom. The number of thiazole rings is 1. The van der Waals surface area contributed by atoms with Gasteiger partial charge in [0.2, 0.25) is 0 Å². The summed E-state index contributed by atoms with van der Waals surface area (Å²) in [6.45, 7) is 6.38. The van der Waals surface area contributed by atoms with Gasteiger partial charge in [0.1, 0.15) is 5.01 Å². The summed E-state index contributed by atoms with van der Waals surface area (Å²) < 4.78 is 0. The maximum Gasteiger partial charge on any atom is 0.113 e. The second-order valence-corrected chi connectivity index (χ2v) is 5.86. The monoisotopic (exact) mass is 260 g/mol. The molecule has 2 aromatic rings. The van der Waals surface area contributed by atoms with Crippen LogP contribution in [0.3, 0.4) is 0 Å². The molecule has 0 aliphatic heterocycles. The highest BCUT2D eigenvalue weighted by Gasteiger charge is 2.27. The second-order valence-electron chi connectivity index (χ2n) is 4.65. The zero-order valence-corrected chi connectivity index (χ0v) is 12.1. The summed E-state index contributed by atoms with van der Waals surface area (Å²) in [6.07, 6.45) is 1.84. The first kappa shape index (κ1) is 13.2. The number of nitrogens with two attached hydrogens (primary N) is 1. The van der Waals surface area contributed by atoms with E-state index in [-0.39, 0.29) is 5.54 Å². The van der Waals surface area contributed by atoms with Crippen molar-refractivity contribution in [3.8, 4) is 11.3 Å². The normalized spacial score (nSPS) is 11.8. The van der Waals surface area contributed by atoms with Crippen molar-refractivity contribution in [3.05, 3.63) is 40.2 Å². The van der Waals surface area contributed by atoms with E-state index in [1.165, 1.54) is 10.4 Å². The van der Waals surface area contributed by atoms with E-state index in [0.717, 1.165) is 23.5 Å². The maximum atomic E-state index is 6.43. The van der Waals surface area contributed by atoms with Gasteiger partial charge in [0, 0.05) is 10.4 Å². The largest absolute Gasteiger partial charge is 0.319 e. The number of aromatic nitrogens is 1. The Labute approximate surface area is 113 Å². The summed E-state index contributed by atoms with van der Waals surface area (Å²) in [5.41, 5.74) is 8.40. The highest BCUT2D eigenvalue weighted by atomic mass is 32.1. The van der Waals surface area contributed by atoms with Gasteiger partial charge >= 0.3 is 0 Å². The molecule has 0 aliphatic rings. The molecular formula is C15H20N2S. The van der Waals surface area contributed by atoms with Gasteiger partial charge in [-0.15, -0.1) is 11.3 Å². The van der Waals surface area contributed by atoms with Crippen LogP contribution in [0.4, 0.5) is 0 Å². The lowest BCUT2D eigenvalue weighted by Gasteiger charge is -2.23. The van der Waals surface area contributed by atoms with Crippen LogP contribution in [0.5, 0.6) is 0 Å². The van der Waals surface area contributed by atoms with Crippen LogP contribution in [0.25, 0.3) is 11.3 Å². The zero-order chi connectivity index (χ0) is 13.2. The Bertz CT molecular complexity index is 513. The van der Waals surface area contributed by atoms with Crippen LogP contribution in [-0.2, 0) is 5.54 Å². The molecule has 1 heterocycles. The Hall–Kier alpha value is -1.19. The van der Waals surface area contributed by atoms with Gasteiger partial charge in [0.05, 0.1) is 11.2 Å². The Morgan fingerprint density at radius 1 is 1.17 bits per heavy atom. The zero-order valence-electron chi connectivity index (χ0n) is 11.2. The van der Waals surface area contributed by atoms with Gasteiger partial charge in [-0.25, -0.2) is 4.98 Å². The first-order chi connectivity index (χ1) is 8.60. The van der Waals surface area contributed by atoms with Crippen molar-refractivity contribution in [2.45, 2.75) is 39.2 Å². The predicted octanol–water partition coefficient (Wildman–Crippen LogP) is 4.09. The molecule has 0 aliphatic carbocycles. The molecule has 2 nitrogen and oxygen atoms in total. The fourth-order valence-electron chi connectivity index (χ4n) is 2.03. The molecule has 0 amide bonds. The minimum absolute atomic E-state index is 0.275. The van der Waals surface area contributed by atoms with Crippen molar-refractivity contribution in [1.82, 2.24) is 4.98 Å². The molecule has 0 atom stereocenters. The SMILES string of the molecule is CCC(N)(CC)c1nc(-c2ccccc2)c(C)s1. The van der Waals surface area contributed by atoms with E-state index in [0.29, 0.717) is 0 Å². The average Bonchev–Trinajstić information content (AvgIpc) is 2.81. The summed E-state index contributed by atoms with van der Waals surface area (Å²) in [5, 5.41) is 1.06. The van der Waals surface area contributed by atoms with Crippen molar-refractivity contribution in [2.75, 3.05) is 0 Å². The smallest absolute Gasteiger partial charge is 0.113 e. The molecule has 18 heavy (non-hydrogen) atoms. The number of benzene rings is 1. The summed E-state index contributed by atoms with van der Waals surface area (Å²) in [7, 11) is 0. The number of hydrogen-bond donors (Lipinski definition) is 1. The molecule has 0 saturated heterocycles. The van der Waals surface area contributed by atoms with Crippen LogP contribution in [0.2, 0.25) is 0 Å². The lowest BCUT2D eigenvalue weighted by atomic mass is 9.95. The van der Waals surface area contributed by atoms with Gasteiger partial charge < -0.3 is 5.73 Å². The fraction of sp³-hybridized carbons (Fsp3) is 0.400. The van der Waals surface area contributed by atoms with Crippen molar-refractivity contribution in [3.63, 3.8) is 0 Å². The number of rotatable bonds is 4. The molecule has 0 unspecified atom stereocenters. The van der Waals surface area contributed by atoms with Crippen LogP contribution in [-0.4, -0.2) is 4.98 Å². The molecule has 2 N–H and O–H groups in total. The van der Waals surface area contributed by atoms with E-state index in [2.05, 4.69) is 32.9 Å². The van der Waals surface area contributed by atoms with Gasteiger partial charge in [-0.05, 0) is 19.8 Å². The summed E-state index contributed by atoms with van der Waals surface area (Å²) >= 11 is 1.73. The van der Waals surface area contributed by atoms with E-state index in [4.69, 9.17) is 10.7 Å². The van der Waals surface area contributed by atoms with Gasteiger partial charge in [-0.3, -0.25) is 0 Å². The quantitative estimate of drug-likeness (QED) is 0.899. The molecule has 0 bridgehead atoms. The Morgan fingerprint density at radius 3 is 2.33 bits per heavy atom. The Kier molecular flexibility index (Phi) is 3.83. The van der Waals surface area contributed by atoms with Gasteiger partial charge in [0.25, 0.3) is 0 Å². The van der Waals surface area contributed by atoms with Crippen LogP contribution >= 0.6 is 11.3 Å². The topological polar surface area (TPSA) is 38.9 Å². The fourth-order valence-corrected chi connectivity index (χ4v) is 3.20. The molecule has 96 valence electrons. The van der Waals surface area contributed by atoms with Gasteiger partial charge in [0.15, 0.2) is 0 Å². The van der Waals surface area contributed by atoms with E-state index >= 15 is 0 Å². The minimum atomic E-state index is -0.275. The summed E-state index contributed by atoms with van der Waals surface area (Å²) in [6, 6.07) is 10.3. The molecule has 0 radical (unpaired) electrons. The third-order valence-corrected chi connectivity index (χ3v) is 4.72. The molecular weight excluding hydrogens is 240 g/mol. The first-order valence-electron chi connectivity index (χ1n) is 6.43. The Balaban J connectivity index is 2.45. The highest BCUT2D eigenvalue weighted by molar-refractivity contribution is 7.12. The predicted molar refractivity (Wildman–Crippen MR) is 78.7 cm³/mol. The van der Waals surface area contributed by atoms with E-state index in [9.17, 15) is 0 Å². The van der Waals surface area contributed by atoms with Crippen molar-refractivity contribution in [2.24, 2.45) is 5.73 Å². The van der Waals surface area contributed by atoms with Crippen molar-refractivity contribution < 1.29 is 0 Å². The molecule has 2 rings (SSSR count). The van der Waals surface area contributed by atoms with Crippen LogP contribution in [0.15, 0.2) is 30.3 Å². The number of hydrogen-bond acceptors (Lipinski definition) is 3. The second kappa shape index (κ2) is 5.21. The van der Waals surface area contributed by atoms with Crippen molar-refractivity contribution in [1.29, 1.82) is 0 Å². The minimum Gasteiger partial charge on any atom is -0.319 e. The van der Waals surface area contributed by atoms with E-state index in [1.54, 1.807) is 11.3 Å². The standard InChI is InChI=1S/C15H20N2S/c1-4-15(16,5-2)14-17-13(11(3)18-14)12-9-7-6-8-10-12/h6-10H,4-5,16H2,1-3H3. The molecule has 1 aromatic carbocycles. The summed E-state index contributed by atoms with van der Waals surface area (Å²) in [5.74, 6) is 0. The summed E-state index contributed by atoms with van der Waals surface area (Å²) in [4.78, 5) is 6.03. The van der Waals surface area contributed by atoms with Crippen LogP contribution in [0.1, 0.15) is 36.6 Å². The molecule has 3 heteroatoms. The first-order valence-corrected chi connectivity index (χ1v) is 7.24. The lowest BCUT2D eigenvalue weighted by Crippen LogP contribution is -2.34. The third-order valence-electron chi connectivity index (χ3n) is 3.53. The number of nitrogens with zero attached hydrogens (tertiary/aromatic N) is 1. The molecule has 0 spiro atoms. The van der Waals surface area contributed by atoms with Gasteiger partial charge in [-0.1, -0.05) is 44.2 Å². The van der Waals surface area contributed by atoms with Crippen LogP contribution in [0, 0.1) is 6.92 Å². The van der Waals surface area contributed by atoms with Crippen LogP contribution < -0.4 is 5.73 Å². The number of aryl methyl sites for hydroxylation is 1. The maximum absolute atomic E-state index is 6.43. The molecule has 0 saturated carbocycles. The average molecular weight is 260 g/mol. The van der Waals surface area contributed by atoms with E-state index in [1.807, 2.05) is 18.2 Å².